The third-order valence-corrected chi connectivity index (χ3v) is 2.06. The SMILES string of the molecule is C(=Cc1ccccc1)N=Nc1ccccc1. The zero-order chi connectivity index (χ0) is 11.1. The summed E-state index contributed by atoms with van der Waals surface area (Å²) in [5, 5.41) is 8.04. The highest BCUT2D eigenvalue weighted by atomic mass is 15.1. The van der Waals surface area contributed by atoms with E-state index in [0.717, 1.165) is 11.3 Å². The molecule has 0 aliphatic carbocycles. The van der Waals surface area contributed by atoms with Crippen molar-refractivity contribution < 1.29 is 0 Å². The Morgan fingerprint density at radius 3 is 2.06 bits per heavy atom. The zero-order valence-electron chi connectivity index (χ0n) is 8.82. The van der Waals surface area contributed by atoms with Gasteiger partial charge in [0.05, 0.1) is 11.9 Å². The maximum Gasteiger partial charge on any atom is 0.0856 e. The Hall–Kier alpha value is -2.22. The van der Waals surface area contributed by atoms with Crippen LogP contribution in [0.5, 0.6) is 0 Å². The molecule has 0 aromatic heterocycles. The van der Waals surface area contributed by atoms with Gasteiger partial charge < -0.3 is 0 Å². The molecule has 2 rings (SSSR count). The van der Waals surface area contributed by atoms with Crippen molar-refractivity contribution in [1.82, 2.24) is 0 Å². The molecule has 0 unspecified atom stereocenters. The molecular weight excluding hydrogens is 196 g/mol. The molecule has 0 saturated heterocycles. The smallest absolute Gasteiger partial charge is 0.0856 e. The van der Waals surface area contributed by atoms with Crippen LogP contribution >= 0.6 is 0 Å². The number of rotatable bonds is 3. The maximum absolute atomic E-state index is 4.06. The molecule has 0 heterocycles. The maximum atomic E-state index is 4.06. The van der Waals surface area contributed by atoms with Crippen LogP contribution in [0, 0.1) is 0 Å². The monoisotopic (exact) mass is 208 g/mol. The van der Waals surface area contributed by atoms with E-state index < -0.39 is 0 Å². The standard InChI is InChI=1S/C14H12N2/c1-3-7-13(8-4-1)11-12-15-16-14-9-5-2-6-10-14/h1-12H. The predicted octanol–water partition coefficient (Wildman–Crippen LogP) is 4.44. The van der Waals surface area contributed by atoms with E-state index in [1.54, 1.807) is 6.20 Å². The van der Waals surface area contributed by atoms with Gasteiger partial charge in [-0.3, -0.25) is 0 Å². The van der Waals surface area contributed by atoms with Crippen molar-refractivity contribution in [3.8, 4) is 0 Å². The highest BCUT2D eigenvalue weighted by Crippen LogP contribution is 2.10. The summed E-state index contributed by atoms with van der Waals surface area (Å²) in [4.78, 5) is 0. The predicted molar refractivity (Wildman–Crippen MR) is 66.4 cm³/mol. The Kier molecular flexibility index (Phi) is 3.61. The average Bonchev–Trinajstić information content (AvgIpc) is 2.37. The number of hydrogen-bond donors (Lipinski definition) is 0. The van der Waals surface area contributed by atoms with Crippen molar-refractivity contribution in [3.05, 3.63) is 72.4 Å². The van der Waals surface area contributed by atoms with Gasteiger partial charge in [-0.25, -0.2) is 0 Å². The Labute approximate surface area is 95.0 Å². The molecule has 0 spiro atoms. The number of hydrogen-bond acceptors (Lipinski definition) is 2. The van der Waals surface area contributed by atoms with Gasteiger partial charge in [0, 0.05) is 0 Å². The van der Waals surface area contributed by atoms with Gasteiger partial charge >= 0.3 is 0 Å². The minimum Gasteiger partial charge on any atom is -0.159 e. The Morgan fingerprint density at radius 2 is 1.38 bits per heavy atom. The Morgan fingerprint density at radius 1 is 0.750 bits per heavy atom. The summed E-state index contributed by atoms with van der Waals surface area (Å²) in [6.45, 7) is 0. The van der Waals surface area contributed by atoms with E-state index in [1.807, 2.05) is 66.7 Å². The largest absolute Gasteiger partial charge is 0.159 e. The second-order valence-corrected chi connectivity index (χ2v) is 3.28. The fraction of sp³-hybridized carbons (Fsp3) is 0. The van der Waals surface area contributed by atoms with Crippen LogP contribution in [-0.2, 0) is 0 Å². The van der Waals surface area contributed by atoms with Crippen LogP contribution in [0.15, 0.2) is 77.1 Å². The van der Waals surface area contributed by atoms with Crippen LogP contribution in [0.1, 0.15) is 5.56 Å². The Balaban J connectivity index is 1.98. The van der Waals surface area contributed by atoms with Crippen molar-refractivity contribution in [2.24, 2.45) is 10.2 Å². The van der Waals surface area contributed by atoms with Crippen LogP contribution in [-0.4, -0.2) is 0 Å². The molecule has 0 amide bonds. The molecule has 2 nitrogen and oxygen atoms in total. The second-order valence-electron chi connectivity index (χ2n) is 3.28. The van der Waals surface area contributed by atoms with E-state index in [0.29, 0.717) is 0 Å². The number of azo groups is 1. The number of benzene rings is 2. The summed E-state index contributed by atoms with van der Waals surface area (Å²) in [6, 6.07) is 19.7. The van der Waals surface area contributed by atoms with Crippen LogP contribution in [0.3, 0.4) is 0 Å². The highest BCUT2D eigenvalue weighted by Gasteiger charge is 1.83. The van der Waals surface area contributed by atoms with Gasteiger partial charge in [-0.1, -0.05) is 48.5 Å². The first-order chi connectivity index (χ1) is 7.95. The van der Waals surface area contributed by atoms with Crippen molar-refractivity contribution in [3.63, 3.8) is 0 Å². The fourth-order valence-corrected chi connectivity index (χ4v) is 1.28. The van der Waals surface area contributed by atoms with Gasteiger partial charge in [-0.2, -0.15) is 10.2 Å². The average molecular weight is 208 g/mol. The lowest BCUT2D eigenvalue weighted by atomic mass is 10.2. The van der Waals surface area contributed by atoms with Gasteiger partial charge in [0.1, 0.15) is 0 Å². The van der Waals surface area contributed by atoms with Crippen LogP contribution in [0.25, 0.3) is 6.08 Å². The quantitative estimate of drug-likeness (QED) is 0.666. The molecule has 78 valence electrons. The molecule has 0 N–H and O–H groups in total. The van der Waals surface area contributed by atoms with Gasteiger partial charge in [0.25, 0.3) is 0 Å². The molecule has 0 aliphatic heterocycles. The summed E-state index contributed by atoms with van der Waals surface area (Å²) >= 11 is 0. The van der Waals surface area contributed by atoms with E-state index in [9.17, 15) is 0 Å². The number of nitrogens with zero attached hydrogens (tertiary/aromatic N) is 2. The van der Waals surface area contributed by atoms with Crippen LogP contribution in [0.4, 0.5) is 5.69 Å². The molecule has 2 aromatic rings. The fourth-order valence-electron chi connectivity index (χ4n) is 1.28. The van der Waals surface area contributed by atoms with Crippen LogP contribution < -0.4 is 0 Å². The van der Waals surface area contributed by atoms with Crippen molar-refractivity contribution in [1.29, 1.82) is 0 Å². The molecule has 2 aromatic carbocycles. The van der Waals surface area contributed by atoms with Crippen molar-refractivity contribution in [2.45, 2.75) is 0 Å². The summed E-state index contributed by atoms with van der Waals surface area (Å²) in [7, 11) is 0. The summed E-state index contributed by atoms with van der Waals surface area (Å²) in [6.07, 6.45) is 3.62. The van der Waals surface area contributed by atoms with Gasteiger partial charge in [-0.15, -0.1) is 0 Å². The third kappa shape index (κ3) is 3.17. The molecule has 0 fully saturated rings. The van der Waals surface area contributed by atoms with E-state index in [1.165, 1.54) is 0 Å². The molecule has 0 aliphatic rings. The molecule has 0 atom stereocenters. The Bertz CT molecular complexity index is 425. The highest BCUT2D eigenvalue weighted by molar-refractivity contribution is 5.48. The van der Waals surface area contributed by atoms with E-state index in [2.05, 4.69) is 10.2 Å². The first kappa shape index (κ1) is 10.3. The van der Waals surface area contributed by atoms with Gasteiger partial charge in [0.2, 0.25) is 0 Å². The second kappa shape index (κ2) is 5.61. The molecule has 0 radical (unpaired) electrons. The van der Waals surface area contributed by atoms with Crippen LogP contribution in [0.2, 0.25) is 0 Å². The normalized spacial score (nSPS) is 11.2. The topological polar surface area (TPSA) is 24.7 Å². The molecule has 2 heteroatoms. The van der Waals surface area contributed by atoms with E-state index in [-0.39, 0.29) is 0 Å². The molecule has 0 saturated carbocycles. The summed E-state index contributed by atoms with van der Waals surface area (Å²) in [5.74, 6) is 0. The van der Waals surface area contributed by atoms with Gasteiger partial charge in [-0.05, 0) is 23.8 Å². The van der Waals surface area contributed by atoms with Crippen molar-refractivity contribution >= 4 is 11.8 Å². The van der Waals surface area contributed by atoms with Crippen molar-refractivity contribution in [2.75, 3.05) is 0 Å². The summed E-state index contributed by atoms with van der Waals surface area (Å²) in [5.41, 5.74) is 1.98. The lowest BCUT2D eigenvalue weighted by molar-refractivity contribution is 1.23. The van der Waals surface area contributed by atoms with Gasteiger partial charge in [0.15, 0.2) is 0 Å². The van der Waals surface area contributed by atoms with E-state index >= 15 is 0 Å². The minimum atomic E-state index is 0.861. The third-order valence-electron chi connectivity index (χ3n) is 2.06. The first-order valence-electron chi connectivity index (χ1n) is 5.13. The lowest BCUT2D eigenvalue weighted by Crippen LogP contribution is -1.66. The minimum absolute atomic E-state index is 0.861. The van der Waals surface area contributed by atoms with E-state index in [4.69, 9.17) is 0 Å². The first-order valence-corrected chi connectivity index (χ1v) is 5.13. The molecule has 0 bridgehead atoms. The molecule has 16 heavy (non-hydrogen) atoms. The lowest BCUT2D eigenvalue weighted by Gasteiger charge is -1.89. The summed E-state index contributed by atoms with van der Waals surface area (Å²) < 4.78 is 0. The molecular formula is C14H12N2. The zero-order valence-corrected chi connectivity index (χ0v) is 8.82.